The third kappa shape index (κ3) is 5.34. The summed E-state index contributed by atoms with van der Waals surface area (Å²) in [5, 5.41) is 4.84. The number of carbonyl (C=O) groups excluding carboxylic acids is 1. The number of aromatic nitrogens is 2. The molecule has 0 spiro atoms. The van der Waals surface area contributed by atoms with Crippen molar-refractivity contribution in [3.05, 3.63) is 102 Å². The van der Waals surface area contributed by atoms with Crippen molar-refractivity contribution >= 4 is 5.91 Å². The summed E-state index contributed by atoms with van der Waals surface area (Å²) in [6.45, 7) is 3.64. The van der Waals surface area contributed by atoms with Gasteiger partial charge in [0.2, 0.25) is 5.88 Å². The predicted molar refractivity (Wildman–Crippen MR) is 140 cm³/mol. The van der Waals surface area contributed by atoms with E-state index in [1.54, 1.807) is 4.68 Å². The minimum atomic E-state index is -0.0320. The van der Waals surface area contributed by atoms with Crippen LogP contribution in [0.1, 0.15) is 34.3 Å². The monoisotopic (exact) mass is 481 g/mol. The van der Waals surface area contributed by atoms with Crippen LogP contribution in [0.25, 0.3) is 11.3 Å². The molecule has 36 heavy (non-hydrogen) atoms. The van der Waals surface area contributed by atoms with Gasteiger partial charge in [-0.15, -0.1) is 0 Å². The molecule has 0 bridgehead atoms. The Morgan fingerprint density at radius 3 is 2.50 bits per heavy atom. The first-order valence-electron chi connectivity index (χ1n) is 12.4. The van der Waals surface area contributed by atoms with Crippen LogP contribution in [-0.2, 0) is 18.3 Å². The zero-order chi connectivity index (χ0) is 24.9. The molecule has 1 fully saturated rings. The predicted octanol–water partition coefficient (Wildman–Crippen LogP) is 6.01. The van der Waals surface area contributed by atoms with Crippen molar-refractivity contribution in [2.24, 2.45) is 7.05 Å². The number of ether oxygens (including phenoxy) is 2. The van der Waals surface area contributed by atoms with Crippen molar-refractivity contribution < 1.29 is 14.3 Å². The molecule has 6 nitrogen and oxygen atoms in total. The summed E-state index contributed by atoms with van der Waals surface area (Å²) >= 11 is 0. The minimum absolute atomic E-state index is 0.0238. The van der Waals surface area contributed by atoms with Gasteiger partial charge in [0.15, 0.2) is 0 Å². The highest BCUT2D eigenvalue weighted by atomic mass is 16.5. The van der Waals surface area contributed by atoms with E-state index in [0.29, 0.717) is 24.5 Å². The summed E-state index contributed by atoms with van der Waals surface area (Å²) in [5.74, 6) is 1.33. The molecule has 1 aliphatic heterocycles. The van der Waals surface area contributed by atoms with Crippen LogP contribution in [-0.4, -0.2) is 39.8 Å². The maximum atomic E-state index is 13.7. The highest BCUT2D eigenvalue weighted by molar-refractivity contribution is 5.94. The van der Waals surface area contributed by atoms with E-state index in [1.165, 1.54) is 0 Å². The lowest BCUT2D eigenvalue weighted by Crippen LogP contribution is -2.37. The van der Waals surface area contributed by atoms with Gasteiger partial charge in [-0.1, -0.05) is 60.7 Å². The van der Waals surface area contributed by atoms with Crippen molar-refractivity contribution in [3.63, 3.8) is 0 Å². The summed E-state index contributed by atoms with van der Waals surface area (Å²) in [6.07, 6.45) is 1.99. The molecule has 184 valence electrons. The highest BCUT2D eigenvalue weighted by Gasteiger charge is 2.28. The van der Waals surface area contributed by atoms with Gasteiger partial charge in [-0.25, -0.2) is 4.68 Å². The number of benzene rings is 3. The zero-order valence-corrected chi connectivity index (χ0v) is 20.8. The van der Waals surface area contributed by atoms with Gasteiger partial charge >= 0.3 is 0 Å². The molecule has 5 rings (SSSR count). The molecule has 0 unspecified atom stereocenters. The molecule has 2 heterocycles. The number of amides is 1. The molecule has 1 amide bonds. The summed E-state index contributed by atoms with van der Waals surface area (Å²) < 4.78 is 14.1. The van der Waals surface area contributed by atoms with Crippen LogP contribution in [0.4, 0.5) is 0 Å². The van der Waals surface area contributed by atoms with E-state index < -0.39 is 0 Å². The number of hydrogen-bond donors (Lipinski definition) is 0. The topological polar surface area (TPSA) is 56.6 Å². The number of hydrogen-bond acceptors (Lipinski definition) is 4. The molecule has 0 N–H and O–H groups in total. The van der Waals surface area contributed by atoms with Crippen LogP contribution in [0, 0.1) is 6.92 Å². The Balaban J connectivity index is 1.56. The molecule has 1 saturated heterocycles. The van der Waals surface area contributed by atoms with Gasteiger partial charge in [0, 0.05) is 31.3 Å². The molecule has 1 atom stereocenters. The fourth-order valence-electron chi connectivity index (χ4n) is 4.65. The van der Waals surface area contributed by atoms with Crippen LogP contribution in [0.3, 0.4) is 0 Å². The maximum absolute atomic E-state index is 13.7. The third-order valence-corrected chi connectivity index (χ3v) is 6.44. The van der Waals surface area contributed by atoms with Crippen LogP contribution < -0.4 is 4.74 Å². The summed E-state index contributed by atoms with van der Waals surface area (Å²) in [4.78, 5) is 15.6. The Morgan fingerprint density at radius 2 is 1.81 bits per heavy atom. The molecule has 3 aromatic carbocycles. The highest BCUT2D eigenvalue weighted by Crippen LogP contribution is 2.35. The van der Waals surface area contributed by atoms with E-state index in [1.807, 2.05) is 104 Å². The van der Waals surface area contributed by atoms with Crippen molar-refractivity contribution in [3.8, 4) is 22.9 Å². The zero-order valence-electron chi connectivity index (χ0n) is 20.8. The third-order valence-electron chi connectivity index (χ3n) is 6.44. The fraction of sp³-hybridized carbons (Fsp3) is 0.267. The Labute approximate surface area is 212 Å². The largest absolute Gasteiger partial charge is 0.439 e. The number of carbonyl (C=O) groups is 1. The lowest BCUT2D eigenvalue weighted by atomic mass is 10.1. The average Bonchev–Trinajstić information content (AvgIpc) is 3.53. The van der Waals surface area contributed by atoms with Gasteiger partial charge in [0.05, 0.1) is 18.2 Å². The quantitative estimate of drug-likeness (QED) is 0.309. The van der Waals surface area contributed by atoms with E-state index in [4.69, 9.17) is 14.6 Å². The van der Waals surface area contributed by atoms with Crippen LogP contribution in [0.2, 0.25) is 0 Å². The van der Waals surface area contributed by atoms with Gasteiger partial charge in [-0.3, -0.25) is 4.79 Å². The first-order chi connectivity index (χ1) is 17.6. The van der Waals surface area contributed by atoms with Crippen LogP contribution in [0.15, 0.2) is 84.9 Å². The molecule has 0 radical (unpaired) electrons. The second-order valence-corrected chi connectivity index (χ2v) is 9.23. The molecule has 0 saturated carbocycles. The Kier molecular flexibility index (Phi) is 7.14. The van der Waals surface area contributed by atoms with Crippen molar-refractivity contribution in [1.29, 1.82) is 0 Å². The maximum Gasteiger partial charge on any atom is 0.254 e. The molecular weight excluding hydrogens is 450 g/mol. The van der Waals surface area contributed by atoms with E-state index >= 15 is 0 Å². The molecule has 0 aliphatic carbocycles. The van der Waals surface area contributed by atoms with Gasteiger partial charge in [-0.2, -0.15) is 5.10 Å². The van der Waals surface area contributed by atoms with E-state index in [2.05, 4.69) is 0 Å². The molecule has 4 aromatic rings. The standard InChI is InChI=1S/C30H31N3O3/c1-22-11-9-16-25(19-22)36-30-27(28(31-32(30)2)23-12-5-3-6-13-23)21-33(20-26-17-10-18-35-26)29(34)24-14-7-4-8-15-24/h3-9,11-16,19,26H,10,17-18,20-21H2,1-2H3/t26-/m0/s1. The number of nitrogens with zero attached hydrogens (tertiary/aromatic N) is 3. The summed E-state index contributed by atoms with van der Waals surface area (Å²) in [6, 6.07) is 27.4. The molecular formula is C30H31N3O3. The van der Waals surface area contributed by atoms with Crippen LogP contribution >= 0.6 is 0 Å². The summed E-state index contributed by atoms with van der Waals surface area (Å²) in [5.41, 5.74) is 4.42. The lowest BCUT2D eigenvalue weighted by molar-refractivity contribution is 0.0506. The van der Waals surface area contributed by atoms with E-state index in [-0.39, 0.29) is 12.0 Å². The first-order valence-corrected chi connectivity index (χ1v) is 12.4. The van der Waals surface area contributed by atoms with Crippen LogP contribution in [0.5, 0.6) is 11.6 Å². The Hall–Kier alpha value is -3.90. The molecule has 1 aromatic heterocycles. The Morgan fingerprint density at radius 1 is 1.06 bits per heavy atom. The number of rotatable bonds is 8. The van der Waals surface area contributed by atoms with E-state index in [9.17, 15) is 4.79 Å². The SMILES string of the molecule is Cc1cccc(Oc2c(CN(C[C@@H]3CCCO3)C(=O)c3ccccc3)c(-c3ccccc3)nn2C)c1. The second kappa shape index (κ2) is 10.8. The average molecular weight is 482 g/mol. The molecule has 1 aliphatic rings. The van der Waals surface area contributed by atoms with Crippen molar-refractivity contribution in [1.82, 2.24) is 14.7 Å². The lowest BCUT2D eigenvalue weighted by Gasteiger charge is -2.26. The normalized spacial score (nSPS) is 15.1. The fourth-order valence-corrected chi connectivity index (χ4v) is 4.65. The van der Waals surface area contributed by atoms with Gasteiger partial charge in [0.25, 0.3) is 5.91 Å². The second-order valence-electron chi connectivity index (χ2n) is 9.23. The smallest absolute Gasteiger partial charge is 0.254 e. The Bertz CT molecular complexity index is 1310. The van der Waals surface area contributed by atoms with Gasteiger partial charge in [0.1, 0.15) is 11.4 Å². The first kappa shape index (κ1) is 23.8. The summed E-state index contributed by atoms with van der Waals surface area (Å²) in [7, 11) is 1.88. The van der Waals surface area contributed by atoms with E-state index in [0.717, 1.165) is 47.6 Å². The molecule has 6 heteroatoms. The van der Waals surface area contributed by atoms with Crippen molar-refractivity contribution in [2.45, 2.75) is 32.4 Å². The van der Waals surface area contributed by atoms with Gasteiger partial charge in [-0.05, 0) is 49.6 Å². The van der Waals surface area contributed by atoms with Crippen molar-refractivity contribution in [2.75, 3.05) is 13.2 Å². The minimum Gasteiger partial charge on any atom is -0.439 e. The van der Waals surface area contributed by atoms with Gasteiger partial charge < -0.3 is 14.4 Å². The number of aryl methyl sites for hydroxylation is 2.